The van der Waals surface area contributed by atoms with Crippen molar-refractivity contribution in [3.05, 3.63) is 71.8 Å². The molecule has 0 fully saturated rings. The highest BCUT2D eigenvalue weighted by atomic mass is 16.5. The summed E-state index contributed by atoms with van der Waals surface area (Å²) in [6.45, 7) is 3.52. The predicted molar refractivity (Wildman–Crippen MR) is 119 cm³/mol. The zero-order chi connectivity index (χ0) is 23.5. The molecule has 7 nitrogen and oxygen atoms in total. The van der Waals surface area contributed by atoms with E-state index in [2.05, 4.69) is 4.74 Å². The zero-order valence-electron chi connectivity index (χ0n) is 19.1. The van der Waals surface area contributed by atoms with Crippen molar-refractivity contribution in [3.63, 3.8) is 0 Å². The Bertz CT molecular complexity index is 908. The van der Waals surface area contributed by atoms with Gasteiger partial charge in [-0.25, -0.2) is 4.79 Å². The van der Waals surface area contributed by atoms with E-state index in [1.54, 1.807) is 20.3 Å². The van der Waals surface area contributed by atoms with E-state index in [9.17, 15) is 9.59 Å². The molecule has 0 unspecified atom stereocenters. The number of carbonyl (C=O) groups excluding carboxylic acids is 2. The van der Waals surface area contributed by atoms with Crippen molar-refractivity contribution in [2.24, 2.45) is 5.92 Å². The molecule has 0 aliphatic heterocycles. The summed E-state index contributed by atoms with van der Waals surface area (Å²) >= 11 is 0. The van der Waals surface area contributed by atoms with E-state index in [1.807, 2.05) is 49.4 Å². The Kier molecular flexibility index (Phi) is 9.76. The summed E-state index contributed by atoms with van der Waals surface area (Å²) in [5.74, 6) is -0.326. The lowest BCUT2D eigenvalue weighted by Crippen LogP contribution is -2.29. The third-order valence-corrected chi connectivity index (χ3v) is 4.93. The fourth-order valence-electron chi connectivity index (χ4n) is 3.35. The molecule has 0 aliphatic carbocycles. The summed E-state index contributed by atoms with van der Waals surface area (Å²) in [7, 11) is 4.40. The van der Waals surface area contributed by atoms with Crippen molar-refractivity contribution >= 4 is 11.9 Å². The van der Waals surface area contributed by atoms with E-state index in [0.717, 1.165) is 11.1 Å². The minimum atomic E-state index is -0.747. The molecule has 0 heterocycles. The van der Waals surface area contributed by atoms with Crippen LogP contribution in [0.5, 0.6) is 11.5 Å². The molecule has 0 spiro atoms. The first-order valence-corrected chi connectivity index (χ1v) is 10.2. The second-order valence-corrected chi connectivity index (χ2v) is 7.12. The Hall–Kier alpha value is -3.32. The third kappa shape index (κ3) is 6.85. The van der Waals surface area contributed by atoms with Crippen LogP contribution in [0.4, 0.5) is 0 Å². The van der Waals surface area contributed by atoms with Crippen molar-refractivity contribution < 1.29 is 33.3 Å². The van der Waals surface area contributed by atoms with Crippen molar-refractivity contribution in [3.8, 4) is 11.5 Å². The van der Waals surface area contributed by atoms with Crippen molar-refractivity contribution in [1.82, 2.24) is 0 Å². The van der Waals surface area contributed by atoms with Gasteiger partial charge in [0.05, 0.1) is 34.0 Å². The number of methoxy groups -OCH3 is 3. The first kappa shape index (κ1) is 24.9. The van der Waals surface area contributed by atoms with Crippen molar-refractivity contribution in [1.29, 1.82) is 0 Å². The minimum absolute atomic E-state index is 0.323. The van der Waals surface area contributed by atoms with E-state index >= 15 is 0 Å². The smallest absolute Gasteiger partial charge is 0.330 e. The van der Waals surface area contributed by atoms with Gasteiger partial charge in [-0.15, -0.1) is 0 Å². The lowest BCUT2D eigenvalue weighted by atomic mass is 9.90. The van der Waals surface area contributed by atoms with Crippen LogP contribution in [-0.2, 0) is 30.4 Å². The lowest BCUT2D eigenvalue weighted by molar-refractivity contribution is -0.149. The number of ether oxygens (including phenoxy) is 5. The minimum Gasteiger partial charge on any atom is -0.493 e. The Labute approximate surface area is 188 Å². The molecule has 0 N–H and O–H groups in total. The molecule has 0 saturated heterocycles. The zero-order valence-corrected chi connectivity index (χ0v) is 19.1. The SMILES string of the molecule is COC(=O)/C=C/[C@@H](OC(C)=O)[C@@H](C)[C@@H](OCc1ccccc1)c1cccc(OC)c1OC. The van der Waals surface area contributed by atoms with Gasteiger partial charge in [0, 0.05) is 24.5 Å². The topological polar surface area (TPSA) is 80.3 Å². The molecule has 32 heavy (non-hydrogen) atoms. The van der Waals surface area contributed by atoms with Gasteiger partial charge in [0.25, 0.3) is 0 Å². The van der Waals surface area contributed by atoms with Crippen LogP contribution >= 0.6 is 0 Å². The number of hydrogen-bond acceptors (Lipinski definition) is 7. The predicted octanol–water partition coefficient (Wildman–Crippen LogP) is 4.26. The van der Waals surface area contributed by atoms with E-state index in [1.165, 1.54) is 26.2 Å². The molecule has 0 saturated carbocycles. The van der Waals surface area contributed by atoms with E-state index in [4.69, 9.17) is 18.9 Å². The molecule has 172 valence electrons. The molecule has 0 amide bonds. The number of rotatable bonds is 11. The van der Waals surface area contributed by atoms with Gasteiger partial charge in [0.1, 0.15) is 6.10 Å². The molecule has 0 aliphatic rings. The number of benzene rings is 2. The van der Waals surface area contributed by atoms with Crippen LogP contribution in [-0.4, -0.2) is 39.4 Å². The summed E-state index contributed by atoms with van der Waals surface area (Å²) in [5, 5.41) is 0. The quantitative estimate of drug-likeness (QED) is 0.380. The van der Waals surface area contributed by atoms with Gasteiger partial charge in [-0.05, 0) is 17.7 Å². The Morgan fingerprint density at radius 1 is 0.969 bits per heavy atom. The highest BCUT2D eigenvalue weighted by Gasteiger charge is 2.32. The molecule has 0 radical (unpaired) electrons. The standard InChI is InChI=1S/C25H30O7/c1-17(21(32-18(2)26)14-15-23(27)29-4)24(31-16-19-10-7-6-8-11-19)20-12-9-13-22(28-3)25(20)30-5/h6-15,17,21,24H,16H2,1-5H3/b15-14+/t17-,21-,24-/m1/s1. The summed E-state index contributed by atoms with van der Waals surface area (Å²) in [4.78, 5) is 23.4. The molecule has 2 rings (SSSR count). The second kappa shape index (κ2) is 12.5. The van der Waals surface area contributed by atoms with Gasteiger partial charge in [0.15, 0.2) is 11.5 Å². The average molecular weight is 443 g/mol. The molecule has 2 aromatic rings. The average Bonchev–Trinajstić information content (AvgIpc) is 2.81. The molecular weight excluding hydrogens is 412 g/mol. The van der Waals surface area contributed by atoms with Crippen LogP contribution in [0.2, 0.25) is 0 Å². The van der Waals surface area contributed by atoms with Crippen LogP contribution in [0.3, 0.4) is 0 Å². The first-order valence-electron chi connectivity index (χ1n) is 10.2. The Morgan fingerprint density at radius 2 is 1.69 bits per heavy atom. The summed E-state index contributed by atoms with van der Waals surface area (Å²) in [6, 6.07) is 15.2. The number of carbonyl (C=O) groups is 2. The monoisotopic (exact) mass is 442 g/mol. The molecular formula is C25H30O7. The summed E-state index contributed by atoms with van der Waals surface area (Å²) in [6.07, 6.45) is 1.44. The normalized spacial score (nSPS) is 13.8. The number of esters is 2. The van der Waals surface area contributed by atoms with Crippen LogP contribution in [0.25, 0.3) is 0 Å². The van der Waals surface area contributed by atoms with Crippen LogP contribution in [0, 0.1) is 5.92 Å². The maximum absolute atomic E-state index is 11.8. The highest BCUT2D eigenvalue weighted by molar-refractivity contribution is 5.81. The molecule has 2 aromatic carbocycles. The molecule has 0 bridgehead atoms. The van der Waals surface area contributed by atoms with Gasteiger partial charge in [-0.2, -0.15) is 0 Å². The maximum Gasteiger partial charge on any atom is 0.330 e. The third-order valence-electron chi connectivity index (χ3n) is 4.93. The van der Waals surface area contributed by atoms with E-state index in [0.29, 0.717) is 18.1 Å². The maximum atomic E-state index is 11.8. The van der Waals surface area contributed by atoms with E-state index < -0.39 is 24.1 Å². The fraction of sp³-hybridized carbons (Fsp3) is 0.360. The van der Waals surface area contributed by atoms with Crippen LogP contribution in [0.15, 0.2) is 60.7 Å². The second-order valence-electron chi connectivity index (χ2n) is 7.12. The summed E-state index contributed by atoms with van der Waals surface area (Å²) in [5.41, 5.74) is 1.72. The Morgan fingerprint density at radius 3 is 2.28 bits per heavy atom. The van der Waals surface area contributed by atoms with Gasteiger partial charge < -0.3 is 23.7 Å². The lowest BCUT2D eigenvalue weighted by Gasteiger charge is -2.30. The largest absolute Gasteiger partial charge is 0.493 e. The van der Waals surface area contributed by atoms with Gasteiger partial charge in [0.2, 0.25) is 0 Å². The highest BCUT2D eigenvalue weighted by Crippen LogP contribution is 2.41. The van der Waals surface area contributed by atoms with Crippen LogP contribution in [0.1, 0.15) is 31.1 Å². The van der Waals surface area contributed by atoms with Gasteiger partial charge in [-0.1, -0.05) is 49.4 Å². The van der Waals surface area contributed by atoms with E-state index in [-0.39, 0.29) is 5.92 Å². The number of hydrogen-bond donors (Lipinski definition) is 0. The van der Waals surface area contributed by atoms with Gasteiger partial charge in [-0.3, -0.25) is 4.79 Å². The van der Waals surface area contributed by atoms with Crippen molar-refractivity contribution in [2.45, 2.75) is 32.7 Å². The Balaban J connectivity index is 2.46. The number of para-hydroxylation sites is 1. The fourth-order valence-corrected chi connectivity index (χ4v) is 3.35. The summed E-state index contributed by atoms with van der Waals surface area (Å²) < 4.78 is 27.6. The first-order chi connectivity index (χ1) is 15.4. The van der Waals surface area contributed by atoms with Gasteiger partial charge >= 0.3 is 11.9 Å². The van der Waals surface area contributed by atoms with Crippen molar-refractivity contribution in [2.75, 3.05) is 21.3 Å². The molecule has 3 atom stereocenters. The molecule has 0 aromatic heterocycles. The van der Waals surface area contributed by atoms with Crippen LogP contribution < -0.4 is 9.47 Å². The molecule has 7 heteroatoms.